The Labute approximate surface area is 116 Å². The smallest absolute Gasteiger partial charge is 0.0899 e. The van der Waals surface area contributed by atoms with Crippen LogP contribution in [0.5, 0.6) is 0 Å². The zero-order valence-electron chi connectivity index (χ0n) is 9.85. The number of aliphatic hydroxyl groups is 1. The van der Waals surface area contributed by atoms with Crippen molar-refractivity contribution in [2.24, 2.45) is 0 Å². The van der Waals surface area contributed by atoms with Gasteiger partial charge in [-0.25, -0.2) is 0 Å². The summed E-state index contributed by atoms with van der Waals surface area (Å²) in [5, 5.41) is 11.3. The minimum Gasteiger partial charge on any atom is -0.388 e. The maximum atomic E-state index is 10.4. The van der Waals surface area contributed by atoms with E-state index in [1.807, 2.05) is 25.1 Å². The minimum atomic E-state index is -0.777. The number of halogens is 2. The molecule has 0 spiro atoms. The number of rotatable bonds is 3. The van der Waals surface area contributed by atoms with Crippen molar-refractivity contribution in [2.75, 3.05) is 0 Å². The van der Waals surface area contributed by atoms with Gasteiger partial charge in [-0.1, -0.05) is 42.3 Å². The lowest BCUT2D eigenvalue weighted by Crippen LogP contribution is -2.10. The summed E-state index contributed by atoms with van der Waals surface area (Å²) in [7, 11) is 0. The van der Waals surface area contributed by atoms with Crippen molar-refractivity contribution in [1.29, 1.82) is 0 Å². The normalized spacial score (nSPS) is 14.2. The van der Waals surface area contributed by atoms with Crippen LogP contribution in [0.25, 0.3) is 0 Å². The fourth-order valence-corrected chi connectivity index (χ4v) is 2.47. The summed E-state index contributed by atoms with van der Waals surface area (Å²) in [5.74, 6) is -0.177. The van der Waals surface area contributed by atoms with Crippen molar-refractivity contribution in [3.8, 4) is 0 Å². The quantitative estimate of drug-likeness (QED) is 0.914. The van der Waals surface area contributed by atoms with Gasteiger partial charge in [0, 0.05) is 33.4 Å². The third kappa shape index (κ3) is 2.66. The number of hydrogen-bond donors (Lipinski definition) is 1. The van der Waals surface area contributed by atoms with E-state index in [1.165, 1.54) is 0 Å². The highest BCUT2D eigenvalue weighted by Crippen LogP contribution is 2.37. The number of hydrogen-bond acceptors (Lipinski definition) is 2. The number of aromatic nitrogens is 1. The van der Waals surface area contributed by atoms with E-state index < -0.39 is 6.10 Å². The highest BCUT2D eigenvalue weighted by molar-refractivity contribution is 6.36. The van der Waals surface area contributed by atoms with E-state index in [1.54, 1.807) is 24.4 Å². The molecule has 18 heavy (non-hydrogen) atoms. The summed E-state index contributed by atoms with van der Waals surface area (Å²) in [6.07, 6.45) is 0.924. The van der Waals surface area contributed by atoms with Gasteiger partial charge in [0.05, 0.1) is 6.10 Å². The third-order valence-corrected chi connectivity index (χ3v) is 3.58. The molecule has 0 aliphatic heterocycles. The number of aliphatic hydroxyl groups excluding tert-OH is 1. The van der Waals surface area contributed by atoms with E-state index in [-0.39, 0.29) is 5.92 Å². The first kappa shape index (κ1) is 13.3. The van der Waals surface area contributed by atoms with Gasteiger partial charge in [0.1, 0.15) is 0 Å². The van der Waals surface area contributed by atoms with Crippen molar-refractivity contribution >= 4 is 23.2 Å². The fourth-order valence-electron chi connectivity index (χ4n) is 1.85. The highest BCUT2D eigenvalue weighted by atomic mass is 35.5. The summed E-state index contributed by atoms with van der Waals surface area (Å²) in [6.45, 7) is 1.90. The lowest BCUT2D eigenvalue weighted by atomic mass is 9.94. The first-order valence-corrected chi connectivity index (χ1v) is 6.39. The molecule has 0 bridgehead atoms. The van der Waals surface area contributed by atoms with Gasteiger partial charge in [0.15, 0.2) is 0 Å². The molecule has 0 saturated heterocycles. The van der Waals surface area contributed by atoms with Crippen molar-refractivity contribution < 1.29 is 5.11 Å². The fraction of sp³-hybridized carbons (Fsp3) is 0.214. The molecular formula is C14H13Cl2NO. The Morgan fingerprint density at radius 3 is 2.28 bits per heavy atom. The van der Waals surface area contributed by atoms with Crippen molar-refractivity contribution in [3.63, 3.8) is 0 Å². The number of benzene rings is 1. The third-order valence-electron chi connectivity index (χ3n) is 2.92. The molecule has 1 heterocycles. The van der Waals surface area contributed by atoms with Gasteiger partial charge in [-0.3, -0.25) is 4.98 Å². The van der Waals surface area contributed by atoms with Crippen LogP contribution in [0.2, 0.25) is 10.0 Å². The van der Waals surface area contributed by atoms with Gasteiger partial charge in [-0.05, 0) is 24.3 Å². The monoisotopic (exact) mass is 281 g/mol. The maximum Gasteiger partial charge on any atom is 0.0899 e. The second-order valence-electron chi connectivity index (χ2n) is 4.12. The molecule has 1 N–H and O–H groups in total. The summed E-state index contributed by atoms with van der Waals surface area (Å²) in [5.41, 5.74) is 1.36. The van der Waals surface area contributed by atoms with Crippen LogP contribution in [-0.4, -0.2) is 10.1 Å². The summed E-state index contributed by atoms with van der Waals surface area (Å²) >= 11 is 12.2. The SMILES string of the molecule is CC(c1ccccn1)C(O)c1c(Cl)cccc1Cl. The van der Waals surface area contributed by atoms with Crippen molar-refractivity contribution in [2.45, 2.75) is 18.9 Å². The molecule has 0 radical (unpaired) electrons. The van der Waals surface area contributed by atoms with Gasteiger partial charge in [-0.15, -0.1) is 0 Å². The van der Waals surface area contributed by atoms with Crippen LogP contribution in [0.1, 0.15) is 30.2 Å². The average molecular weight is 282 g/mol. The standard InChI is InChI=1S/C14H13Cl2NO/c1-9(12-7-2-3-8-17-12)14(18)13-10(15)5-4-6-11(13)16/h2-9,14,18H,1H3. The zero-order chi connectivity index (χ0) is 13.1. The van der Waals surface area contributed by atoms with Crippen LogP contribution in [0.4, 0.5) is 0 Å². The zero-order valence-corrected chi connectivity index (χ0v) is 11.4. The molecule has 0 aliphatic carbocycles. The molecule has 2 atom stereocenters. The molecular weight excluding hydrogens is 269 g/mol. The van der Waals surface area contributed by atoms with Gasteiger partial charge in [-0.2, -0.15) is 0 Å². The first-order valence-electron chi connectivity index (χ1n) is 5.64. The van der Waals surface area contributed by atoms with Crippen LogP contribution >= 0.6 is 23.2 Å². The predicted octanol–water partition coefficient (Wildman–Crippen LogP) is 4.23. The molecule has 4 heteroatoms. The summed E-state index contributed by atoms with van der Waals surface area (Å²) < 4.78 is 0. The molecule has 2 unspecified atom stereocenters. The van der Waals surface area contributed by atoms with E-state index in [9.17, 15) is 5.11 Å². The molecule has 0 fully saturated rings. The predicted molar refractivity (Wildman–Crippen MR) is 74.1 cm³/mol. The number of pyridine rings is 1. The minimum absolute atomic E-state index is 0.177. The molecule has 2 aromatic rings. The van der Waals surface area contributed by atoms with Crippen molar-refractivity contribution in [3.05, 3.63) is 63.9 Å². The molecule has 0 amide bonds. The van der Waals surface area contributed by atoms with E-state index in [4.69, 9.17) is 23.2 Å². The van der Waals surface area contributed by atoms with Gasteiger partial charge < -0.3 is 5.11 Å². The van der Waals surface area contributed by atoms with Crippen LogP contribution in [0.15, 0.2) is 42.6 Å². The maximum absolute atomic E-state index is 10.4. The molecule has 0 saturated carbocycles. The largest absolute Gasteiger partial charge is 0.388 e. The van der Waals surface area contributed by atoms with Gasteiger partial charge in [0.2, 0.25) is 0 Å². The molecule has 0 aliphatic rings. The Balaban J connectivity index is 2.34. The molecule has 2 nitrogen and oxygen atoms in total. The Kier molecular flexibility index (Phi) is 4.23. The Bertz CT molecular complexity index is 510. The van der Waals surface area contributed by atoms with Gasteiger partial charge >= 0.3 is 0 Å². The van der Waals surface area contributed by atoms with Gasteiger partial charge in [0.25, 0.3) is 0 Å². The van der Waals surface area contributed by atoms with Crippen LogP contribution < -0.4 is 0 Å². The lowest BCUT2D eigenvalue weighted by molar-refractivity contribution is 0.150. The van der Waals surface area contributed by atoms with E-state index in [2.05, 4.69) is 4.98 Å². The van der Waals surface area contributed by atoms with Crippen LogP contribution in [0.3, 0.4) is 0 Å². The Hall–Kier alpha value is -1.09. The van der Waals surface area contributed by atoms with E-state index in [0.717, 1.165) is 5.69 Å². The molecule has 94 valence electrons. The second-order valence-corrected chi connectivity index (χ2v) is 4.94. The van der Waals surface area contributed by atoms with E-state index >= 15 is 0 Å². The first-order chi connectivity index (χ1) is 8.61. The highest BCUT2D eigenvalue weighted by Gasteiger charge is 2.23. The summed E-state index contributed by atoms with van der Waals surface area (Å²) in [6, 6.07) is 10.8. The van der Waals surface area contributed by atoms with Crippen molar-refractivity contribution in [1.82, 2.24) is 4.98 Å². The van der Waals surface area contributed by atoms with E-state index in [0.29, 0.717) is 15.6 Å². The Morgan fingerprint density at radius 2 is 1.72 bits per heavy atom. The topological polar surface area (TPSA) is 33.1 Å². The number of nitrogens with zero attached hydrogens (tertiary/aromatic N) is 1. The molecule has 1 aromatic heterocycles. The van der Waals surface area contributed by atoms with Crippen LogP contribution in [0, 0.1) is 0 Å². The second kappa shape index (κ2) is 5.70. The van der Waals surface area contributed by atoms with Crippen LogP contribution in [-0.2, 0) is 0 Å². The Morgan fingerprint density at radius 1 is 1.06 bits per heavy atom. The summed E-state index contributed by atoms with van der Waals surface area (Å²) in [4.78, 5) is 4.24. The lowest BCUT2D eigenvalue weighted by Gasteiger charge is -2.20. The molecule has 2 rings (SSSR count). The molecule has 1 aromatic carbocycles. The average Bonchev–Trinajstić information content (AvgIpc) is 2.38.